The van der Waals surface area contributed by atoms with Gasteiger partial charge < -0.3 is 4.74 Å². The fourth-order valence-corrected chi connectivity index (χ4v) is 3.78. The van der Waals surface area contributed by atoms with Crippen molar-refractivity contribution in [2.45, 2.75) is 57.8 Å². The average Bonchev–Trinajstić information content (AvgIpc) is 3.41. The Kier molecular flexibility index (Phi) is 4.70. The second-order valence-electron chi connectivity index (χ2n) is 7.66. The molecular weight excluding hydrogens is 326 g/mol. The first-order valence-corrected chi connectivity index (χ1v) is 9.50. The molecule has 2 fully saturated rings. The molecule has 0 aromatic carbocycles. The number of carbonyl (C=O) groups is 1. The van der Waals surface area contributed by atoms with E-state index in [1.165, 1.54) is 5.56 Å². The monoisotopic (exact) mass is 351 g/mol. The van der Waals surface area contributed by atoms with E-state index in [0.717, 1.165) is 36.3 Å². The molecule has 2 aliphatic rings. The number of nitrogens with zero attached hydrogens (tertiary/aromatic N) is 3. The molecule has 5 nitrogen and oxygen atoms in total. The van der Waals surface area contributed by atoms with Crippen molar-refractivity contribution < 1.29 is 9.53 Å². The van der Waals surface area contributed by atoms with Gasteiger partial charge in [0, 0.05) is 48.3 Å². The SMILES string of the molecule is Cc1ccc([C@@H]2CC2COc2nc(C)ncc2C2CCC(=O)CC2)nc1. The number of aryl methyl sites for hydroxylation is 2. The number of ketones is 1. The fourth-order valence-electron chi connectivity index (χ4n) is 3.78. The van der Waals surface area contributed by atoms with E-state index in [2.05, 4.69) is 34.0 Å². The van der Waals surface area contributed by atoms with Crippen molar-refractivity contribution in [2.24, 2.45) is 5.92 Å². The summed E-state index contributed by atoms with van der Waals surface area (Å²) in [6.07, 6.45) is 8.00. The maximum Gasteiger partial charge on any atom is 0.220 e. The summed E-state index contributed by atoms with van der Waals surface area (Å²) in [5.74, 6) is 3.12. The Morgan fingerprint density at radius 1 is 1.12 bits per heavy atom. The number of rotatable bonds is 5. The number of Topliss-reactive ketones (excluding diaryl/α,β-unsaturated/α-hetero) is 1. The van der Waals surface area contributed by atoms with Crippen molar-refractivity contribution in [1.82, 2.24) is 15.0 Å². The lowest BCUT2D eigenvalue weighted by molar-refractivity contribution is -0.120. The van der Waals surface area contributed by atoms with Crippen LogP contribution in [0.3, 0.4) is 0 Å². The third kappa shape index (κ3) is 3.76. The molecule has 0 saturated heterocycles. The Hall–Kier alpha value is -2.30. The van der Waals surface area contributed by atoms with Gasteiger partial charge in [-0.15, -0.1) is 0 Å². The van der Waals surface area contributed by atoms with Gasteiger partial charge in [-0.3, -0.25) is 9.78 Å². The molecule has 0 bridgehead atoms. The summed E-state index contributed by atoms with van der Waals surface area (Å²) in [5.41, 5.74) is 3.41. The zero-order chi connectivity index (χ0) is 18.1. The number of hydrogen-bond acceptors (Lipinski definition) is 5. The molecule has 2 aromatic heterocycles. The van der Waals surface area contributed by atoms with Crippen molar-refractivity contribution in [3.05, 3.63) is 47.2 Å². The molecule has 2 aliphatic carbocycles. The Labute approximate surface area is 154 Å². The first kappa shape index (κ1) is 17.1. The number of hydrogen-bond donors (Lipinski definition) is 0. The minimum atomic E-state index is 0.331. The molecule has 26 heavy (non-hydrogen) atoms. The van der Waals surface area contributed by atoms with Gasteiger partial charge in [0.15, 0.2) is 0 Å². The Morgan fingerprint density at radius 2 is 1.92 bits per heavy atom. The van der Waals surface area contributed by atoms with Gasteiger partial charge in [0.1, 0.15) is 11.6 Å². The van der Waals surface area contributed by atoms with E-state index in [9.17, 15) is 4.79 Å². The number of carbonyl (C=O) groups excluding carboxylic acids is 1. The normalized spacial score (nSPS) is 23.1. The molecule has 0 aliphatic heterocycles. The second-order valence-corrected chi connectivity index (χ2v) is 7.66. The number of aromatic nitrogens is 3. The zero-order valence-corrected chi connectivity index (χ0v) is 15.4. The van der Waals surface area contributed by atoms with Crippen LogP contribution in [0.1, 0.15) is 66.6 Å². The van der Waals surface area contributed by atoms with Crippen molar-refractivity contribution in [3.63, 3.8) is 0 Å². The minimum absolute atomic E-state index is 0.331. The number of ether oxygens (including phenoxy) is 1. The van der Waals surface area contributed by atoms with Gasteiger partial charge in [-0.25, -0.2) is 4.98 Å². The van der Waals surface area contributed by atoms with Crippen LogP contribution in [-0.2, 0) is 4.79 Å². The van der Waals surface area contributed by atoms with Crippen molar-refractivity contribution in [3.8, 4) is 5.88 Å². The van der Waals surface area contributed by atoms with Crippen molar-refractivity contribution in [1.29, 1.82) is 0 Å². The van der Waals surface area contributed by atoms with E-state index in [1.54, 1.807) is 0 Å². The van der Waals surface area contributed by atoms with Gasteiger partial charge in [-0.1, -0.05) is 6.07 Å². The zero-order valence-electron chi connectivity index (χ0n) is 15.4. The van der Waals surface area contributed by atoms with E-state index in [-0.39, 0.29) is 0 Å². The summed E-state index contributed by atoms with van der Waals surface area (Å²) < 4.78 is 6.13. The van der Waals surface area contributed by atoms with Crippen LogP contribution in [0.15, 0.2) is 24.5 Å². The van der Waals surface area contributed by atoms with Gasteiger partial charge in [0.2, 0.25) is 5.88 Å². The summed E-state index contributed by atoms with van der Waals surface area (Å²) >= 11 is 0. The highest BCUT2D eigenvalue weighted by Gasteiger charge is 2.40. The quantitative estimate of drug-likeness (QED) is 0.817. The Bertz CT molecular complexity index is 793. The molecule has 0 spiro atoms. The molecule has 0 N–H and O–H groups in total. The molecule has 2 saturated carbocycles. The Morgan fingerprint density at radius 3 is 2.65 bits per heavy atom. The molecule has 2 heterocycles. The maximum atomic E-state index is 11.5. The van der Waals surface area contributed by atoms with Gasteiger partial charge in [0.25, 0.3) is 0 Å². The summed E-state index contributed by atoms with van der Waals surface area (Å²) in [6.45, 7) is 4.61. The van der Waals surface area contributed by atoms with E-state index >= 15 is 0 Å². The third-order valence-corrected chi connectivity index (χ3v) is 5.55. The lowest BCUT2D eigenvalue weighted by atomic mass is 9.84. The first-order valence-electron chi connectivity index (χ1n) is 9.50. The molecule has 4 rings (SSSR count). The van der Waals surface area contributed by atoms with E-state index in [1.807, 2.05) is 19.3 Å². The lowest BCUT2D eigenvalue weighted by Gasteiger charge is -2.22. The predicted molar refractivity (Wildman–Crippen MR) is 98.3 cm³/mol. The summed E-state index contributed by atoms with van der Waals surface area (Å²) in [6, 6.07) is 4.24. The highest BCUT2D eigenvalue weighted by molar-refractivity contribution is 5.79. The predicted octanol–water partition coefficient (Wildman–Crippen LogP) is 3.90. The smallest absolute Gasteiger partial charge is 0.220 e. The molecular formula is C21H25N3O2. The second kappa shape index (κ2) is 7.14. The summed E-state index contributed by atoms with van der Waals surface area (Å²) in [4.78, 5) is 25.0. The van der Waals surface area contributed by atoms with Crippen molar-refractivity contribution in [2.75, 3.05) is 6.61 Å². The molecule has 2 aromatic rings. The fraction of sp³-hybridized carbons (Fsp3) is 0.524. The molecule has 5 heteroatoms. The molecule has 0 amide bonds. The van der Waals surface area contributed by atoms with Crippen LogP contribution < -0.4 is 4.74 Å². The summed E-state index contributed by atoms with van der Waals surface area (Å²) in [5, 5.41) is 0. The van der Waals surface area contributed by atoms with E-state index < -0.39 is 0 Å². The molecule has 0 radical (unpaired) electrons. The van der Waals surface area contributed by atoms with Gasteiger partial charge in [-0.05, 0) is 50.7 Å². The molecule has 1 unspecified atom stereocenters. The van der Waals surface area contributed by atoms with E-state index in [0.29, 0.717) is 48.9 Å². The largest absolute Gasteiger partial charge is 0.477 e. The highest BCUT2D eigenvalue weighted by Crippen LogP contribution is 2.47. The molecule has 136 valence electrons. The van der Waals surface area contributed by atoms with Crippen LogP contribution in [-0.4, -0.2) is 27.3 Å². The highest BCUT2D eigenvalue weighted by atomic mass is 16.5. The van der Waals surface area contributed by atoms with Crippen molar-refractivity contribution >= 4 is 5.78 Å². The van der Waals surface area contributed by atoms with Gasteiger partial charge >= 0.3 is 0 Å². The average molecular weight is 351 g/mol. The first-order chi connectivity index (χ1) is 12.6. The maximum absolute atomic E-state index is 11.5. The van der Waals surface area contributed by atoms with Crippen LogP contribution in [0.25, 0.3) is 0 Å². The third-order valence-electron chi connectivity index (χ3n) is 5.55. The number of pyridine rings is 1. The van der Waals surface area contributed by atoms with Gasteiger partial charge in [-0.2, -0.15) is 4.98 Å². The van der Waals surface area contributed by atoms with Crippen LogP contribution >= 0.6 is 0 Å². The van der Waals surface area contributed by atoms with Crippen LogP contribution in [0.2, 0.25) is 0 Å². The van der Waals surface area contributed by atoms with Crippen LogP contribution in [0.5, 0.6) is 5.88 Å². The van der Waals surface area contributed by atoms with E-state index in [4.69, 9.17) is 4.74 Å². The van der Waals surface area contributed by atoms with Crippen LogP contribution in [0.4, 0.5) is 0 Å². The minimum Gasteiger partial charge on any atom is -0.477 e. The standard InChI is InChI=1S/C21H25N3O2/c1-13-3-8-20(23-10-13)18-9-16(18)12-26-21-19(11-22-14(2)24-21)15-4-6-17(25)7-5-15/h3,8,10-11,15-16,18H,4-7,9,12H2,1-2H3/t16?,18-/m1/s1. The molecule has 2 atom stereocenters. The topological polar surface area (TPSA) is 65.0 Å². The Balaban J connectivity index is 1.41. The van der Waals surface area contributed by atoms with Crippen LogP contribution in [0, 0.1) is 19.8 Å². The summed E-state index contributed by atoms with van der Waals surface area (Å²) in [7, 11) is 0. The van der Waals surface area contributed by atoms with Gasteiger partial charge in [0.05, 0.1) is 6.61 Å². The lowest BCUT2D eigenvalue weighted by Crippen LogP contribution is -2.15.